The van der Waals surface area contributed by atoms with Crippen LogP contribution in [0.1, 0.15) is 0 Å². The lowest BCUT2D eigenvalue weighted by Crippen LogP contribution is -2.10. The molecule has 3 heterocycles. The van der Waals surface area contributed by atoms with Crippen molar-refractivity contribution in [3.05, 3.63) is 206 Å². The van der Waals surface area contributed by atoms with E-state index in [0.29, 0.717) is 0 Å². The number of benzene rings is 9. The highest BCUT2D eigenvalue weighted by Gasteiger charge is 2.23. The highest BCUT2D eigenvalue weighted by atomic mass is 32.1. The summed E-state index contributed by atoms with van der Waals surface area (Å²) in [6, 6.07) is 74.2. The zero-order valence-electron chi connectivity index (χ0n) is 31.3. The fourth-order valence-electron chi connectivity index (χ4n) is 8.95. The smallest absolute Gasteiger partial charge is 0.159 e. The van der Waals surface area contributed by atoms with E-state index in [1.165, 1.54) is 47.5 Å². The molecule has 0 bridgehead atoms. The number of hydrogen-bond donors (Lipinski definition) is 0. The van der Waals surface area contributed by atoms with E-state index in [2.05, 4.69) is 216 Å². The molecule has 0 fully saturated rings. The molecule has 0 N–H and O–H groups in total. The molecule has 0 unspecified atom stereocenters. The minimum Gasteiger partial charge on any atom is -0.453 e. The van der Waals surface area contributed by atoms with Crippen molar-refractivity contribution in [2.24, 2.45) is 0 Å². The minimum atomic E-state index is 0.863. The van der Waals surface area contributed by atoms with Gasteiger partial charge >= 0.3 is 0 Å². The molecule has 0 aliphatic heterocycles. The molecule has 12 rings (SSSR count). The number of furan rings is 1. The Morgan fingerprint density at radius 1 is 0.397 bits per heavy atom. The van der Waals surface area contributed by atoms with Gasteiger partial charge in [-0.1, -0.05) is 152 Å². The second-order valence-corrected chi connectivity index (χ2v) is 15.9. The van der Waals surface area contributed by atoms with Crippen LogP contribution >= 0.6 is 11.3 Å². The summed E-state index contributed by atoms with van der Waals surface area (Å²) in [5.41, 5.74) is 13.1. The topological polar surface area (TPSA) is 21.3 Å². The highest BCUT2D eigenvalue weighted by Crippen LogP contribution is 2.48. The van der Waals surface area contributed by atoms with Crippen LogP contribution in [0.25, 0.3) is 91.9 Å². The summed E-state index contributed by atoms with van der Waals surface area (Å²) < 4.78 is 11.9. The fraction of sp³-hybridized carbons (Fsp3) is 0. The van der Waals surface area contributed by atoms with E-state index in [1.807, 2.05) is 11.3 Å². The summed E-state index contributed by atoms with van der Waals surface area (Å²) in [5, 5.41) is 7.23. The molecular formula is C54H34N2OS. The third-order valence-corrected chi connectivity index (χ3v) is 12.8. The van der Waals surface area contributed by atoms with Crippen molar-refractivity contribution in [1.29, 1.82) is 0 Å². The van der Waals surface area contributed by atoms with Crippen molar-refractivity contribution >= 4 is 92.3 Å². The molecule has 58 heavy (non-hydrogen) atoms. The predicted octanol–water partition coefficient (Wildman–Crippen LogP) is 15.9. The molecule has 0 atom stereocenters. The zero-order valence-corrected chi connectivity index (χ0v) is 32.2. The number of aromatic nitrogens is 1. The predicted molar refractivity (Wildman–Crippen MR) is 247 cm³/mol. The first-order valence-electron chi connectivity index (χ1n) is 19.7. The van der Waals surface area contributed by atoms with Gasteiger partial charge in [-0.25, -0.2) is 0 Å². The van der Waals surface area contributed by atoms with Gasteiger partial charge in [-0.05, 0) is 71.3 Å². The van der Waals surface area contributed by atoms with Crippen molar-refractivity contribution in [1.82, 2.24) is 4.57 Å². The summed E-state index contributed by atoms with van der Waals surface area (Å²) in [6.45, 7) is 0. The molecule has 0 radical (unpaired) electrons. The second kappa shape index (κ2) is 13.1. The molecule has 0 amide bonds. The Bertz CT molecular complexity index is 3500. The van der Waals surface area contributed by atoms with E-state index in [1.54, 1.807) is 0 Å². The third kappa shape index (κ3) is 5.05. The van der Waals surface area contributed by atoms with Crippen LogP contribution in [-0.4, -0.2) is 4.57 Å². The molecule has 272 valence electrons. The lowest BCUT2D eigenvalue weighted by molar-refractivity contribution is 0.670. The quantitative estimate of drug-likeness (QED) is 0.168. The molecule has 3 nitrogen and oxygen atoms in total. The monoisotopic (exact) mass is 758 g/mol. The maximum atomic E-state index is 7.03. The Kier molecular flexibility index (Phi) is 7.40. The summed E-state index contributed by atoms with van der Waals surface area (Å²) in [5.74, 6) is 0. The van der Waals surface area contributed by atoms with Crippen LogP contribution in [0.3, 0.4) is 0 Å². The number of rotatable bonds is 6. The second-order valence-electron chi connectivity index (χ2n) is 14.9. The van der Waals surface area contributed by atoms with Crippen molar-refractivity contribution < 1.29 is 4.42 Å². The molecule has 4 heteroatoms. The van der Waals surface area contributed by atoms with Crippen molar-refractivity contribution in [2.45, 2.75) is 0 Å². The first-order valence-corrected chi connectivity index (χ1v) is 20.5. The van der Waals surface area contributed by atoms with Gasteiger partial charge in [0.1, 0.15) is 5.58 Å². The standard InChI is InChI=1S/C54H34N2OS/c1-3-14-36(15-4-1)40-20-11-21-44-45-22-12-25-48(53(45)57-52(40)44)56(49-26-13-23-46-43-19-8-10-27-51(43)58-54(46)49)39-31-28-35(29-32-39)37-30-33-42-41-18-7-9-24-47(41)55(50(42)34-37)38-16-5-2-6-17-38/h1-34H. The Hall–Kier alpha value is -7.40. The maximum absolute atomic E-state index is 7.03. The van der Waals surface area contributed by atoms with Gasteiger partial charge in [0.15, 0.2) is 5.58 Å². The van der Waals surface area contributed by atoms with Crippen LogP contribution in [0, 0.1) is 0 Å². The Morgan fingerprint density at radius 3 is 1.84 bits per heavy atom. The normalized spacial score (nSPS) is 11.8. The molecule has 9 aromatic carbocycles. The average Bonchev–Trinajstić information content (AvgIpc) is 3.98. The SMILES string of the molecule is c1ccc(-c2cccc3c2oc2c(N(c4ccc(-c5ccc6c7ccccc7n(-c7ccccc7)c6c5)cc4)c4cccc5c4sc4ccccc45)cccc23)cc1. The van der Waals surface area contributed by atoms with Crippen molar-refractivity contribution in [3.8, 4) is 27.9 Å². The molecular weight excluding hydrogens is 725 g/mol. The molecule has 0 saturated carbocycles. The number of anilines is 3. The summed E-state index contributed by atoms with van der Waals surface area (Å²) in [4.78, 5) is 2.39. The molecule has 0 aliphatic rings. The number of hydrogen-bond acceptors (Lipinski definition) is 3. The summed E-state index contributed by atoms with van der Waals surface area (Å²) in [7, 11) is 0. The molecule has 3 aromatic heterocycles. The minimum absolute atomic E-state index is 0.863. The van der Waals surface area contributed by atoms with Gasteiger partial charge < -0.3 is 13.9 Å². The number of para-hydroxylation sites is 4. The lowest BCUT2D eigenvalue weighted by atomic mass is 10.0. The Labute approximate surface area is 338 Å². The average molecular weight is 759 g/mol. The van der Waals surface area contributed by atoms with E-state index < -0.39 is 0 Å². The first-order chi connectivity index (χ1) is 28.8. The molecule has 12 aromatic rings. The Balaban J connectivity index is 1.05. The van der Waals surface area contributed by atoms with Crippen LogP contribution in [0.5, 0.6) is 0 Å². The van der Waals surface area contributed by atoms with Crippen molar-refractivity contribution in [2.75, 3.05) is 4.90 Å². The van der Waals surface area contributed by atoms with Crippen LogP contribution in [0.2, 0.25) is 0 Å². The highest BCUT2D eigenvalue weighted by molar-refractivity contribution is 7.26. The van der Waals surface area contributed by atoms with Crippen LogP contribution in [0.4, 0.5) is 17.1 Å². The largest absolute Gasteiger partial charge is 0.453 e. The van der Waals surface area contributed by atoms with Crippen molar-refractivity contribution in [3.63, 3.8) is 0 Å². The van der Waals surface area contributed by atoms with Gasteiger partial charge in [-0.15, -0.1) is 11.3 Å². The molecule has 0 saturated heterocycles. The molecule has 0 aliphatic carbocycles. The third-order valence-electron chi connectivity index (χ3n) is 11.6. The van der Waals surface area contributed by atoms with Crippen LogP contribution in [-0.2, 0) is 0 Å². The molecule has 0 spiro atoms. The van der Waals surface area contributed by atoms with Gasteiger partial charge in [-0.2, -0.15) is 0 Å². The number of nitrogens with zero attached hydrogens (tertiary/aromatic N) is 2. The van der Waals surface area contributed by atoms with E-state index in [0.717, 1.165) is 61.4 Å². The van der Waals surface area contributed by atoms with Gasteiger partial charge in [0.2, 0.25) is 0 Å². The van der Waals surface area contributed by atoms with Gasteiger partial charge in [0.25, 0.3) is 0 Å². The van der Waals surface area contributed by atoms with Crippen LogP contribution < -0.4 is 4.90 Å². The van der Waals surface area contributed by atoms with E-state index >= 15 is 0 Å². The summed E-state index contributed by atoms with van der Waals surface area (Å²) >= 11 is 1.84. The van der Waals surface area contributed by atoms with E-state index in [9.17, 15) is 0 Å². The first kappa shape index (κ1) is 32.8. The summed E-state index contributed by atoms with van der Waals surface area (Å²) in [6.07, 6.45) is 0. The maximum Gasteiger partial charge on any atom is 0.159 e. The van der Waals surface area contributed by atoms with Gasteiger partial charge in [0, 0.05) is 54.0 Å². The van der Waals surface area contributed by atoms with E-state index in [4.69, 9.17) is 4.42 Å². The lowest BCUT2D eigenvalue weighted by Gasteiger charge is -2.26. The fourth-order valence-corrected chi connectivity index (χ4v) is 10.2. The Morgan fingerprint density at radius 2 is 1.02 bits per heavy atom. The van der Waals surface area contributed by atoms with Gasteiger partial charge in [-0.3, -0.25) is 0 Å². The van der Waals surface area contributed by atoms with E-state index in [-0.39, 0.29) is 0 Å². The zero-order chi connectivity index (χ0) is 38.2. The van der Waals surface area contributed by atoms with Gasteiger partial charge in [0.05, 0.1) is 27.1 Å². The number of fused-ring (bicyclic) bond motifs is 9. The van der Waals surface area contributed by atoms with Crippen LogP contribution in [0.15, 0.2) is 211 Å². The number of thiophene rings is 1.